The molecule has 74 heavy (non-hydrogen) atoms. The fourth-order valence-corrected chi connectivity index (χ4v) is 10.9. The number of ether oxygens (including phenoxy) is 2. The van der Waals surface area contributed by atoms with Crippen LogP contribution in [0.3, 0.4) is 0 Å². The van der Waals surface area contributed by atoms with E-state index in [4.69, 9.17) is 9.47 Å². The number of aliphatic hydroxyl groups excluding tert-OH is 5. The highest BCUT2D eigenvalue weighted by Crippen LogP contribution is 2.24. The molecule has 9 nitrogen and oxygen atoms in total. The van der Waals surface area contributed by atoms with Crippen LogP contribution in [0.5, 0.6) is 0 Å². The zero-order valence-corrected chi connectivity index (χ0v) is 49.1. The molecule has 0 bridgehead atoms. The molecule has 1 fully saturated rings. The van der Waals surface area contributed by atoms with Crippen molar-refractivity contribution < 1.29 is 39.8 Å². The maximum atomic E-state index is 13.1. The van der Waals surface area contributed by atoms with Crippen molar-refractivity contribution in [1.29, 1.82) is 0 Å². The first-order chi connectivity index (χ1) is 36.3. The van der Waals surface area contributed by atoms with Crippen molar-refractivity contribution in [3.05, 3.63) is 12.2 Å². The van der Waals surface area contributed by atoms with Crippen molar-refractivity contribution in [2.45, 2.75) is 384 Å². The van der Waals surface area contributed by atoms with Crippen LogP contribution >= 0.6 is 0 Å². The average Bonchev–Trinajstić information content (AvgIpc) is 3.40. The van der Waals surface area contributed by atoms with Crippen LogP contribution in [0.25, 0.3) is 0 Å². The van der Waals surface area contributed by atoms with E-state index in [0.717, 1.165) is 38.5 Å². The molecular formula is C65H127NO8. The maximum absolute atomic E-state index is 13.1. The maximum Gasteiger partial charge on any atom is 0.220 e. The summed E-state index contributed by atoms with van der Waals surface area (Å²) >= 11 is 0. The van der Waals surface area contributed by atoms with Crippen LogP contribution in [-0.4, -0.2) is 87.5 Å². The number of carbonyl (C=O) groups excluding carboxylic acids is 1. The van der Waals surface area contributed by atoms with Gasteiger partial charge in [0.05, 0.1) is 25.4 Å². The Morgan fingerprint density at radius 1 is 0.446 bits per heavy atom. The summed E-state index contributed by atoms with van der Waals surface area (Å²) in [6.07, 6.45) is 62.7. The number of nitrogens with one attached hydrogen (secondary N) is 1. The Balaban J connectivity index is 2.09. The summed E-state index contributed by atoms with van der Waals surface area (Å²) in [6, 6.07) is -0.720. The molecule has 0 aromatic rings. The molecule has 7 unspecified atom stereocenters. The lowest BCUT2D eigenvalue weighted by Gasteiger charge is -2.40. The molecular weight excluding hydrogens is 923 g/mol. The van der Waals surface area contributed by atoms with Gasteiger partial charge in [-0.2, -0.15) is 0 Å². The standard InChI is InChI=1S/C65H127NO8/c1-3-5-7-9-11-13-15-17-19-21-23-24-25-26-27-28-29-30-31-32-33-34-35-36-37-38-40-42-44-46-48-50-52-54-59(68)58(57-73-65-64(72)63(71)62(70)60(56-67)74-65)66-61(69)55-53-51-49-47-45-43-41-39-22-20-18-16-14-12-10-8-6-4-2/h20,22,58-60,62-65,67-68,70-72H,3-19,21,23-57H2,1-2H3,(H,66,69)/b22-20-. The lowest BCUT2D eigenvalue weighted by Crippen LogP contribution is -2.60. The molecule has 0 saturated carbocycles. The fraction of sp³-hybridized carbons (Fsp3) is 0.954. The van der Waals surface area contributed by atoms with Crippen molar-refractivity contribution in [3.8, 4) is 0 Å². The number of allylic oxidation sites excluding steroid dienone is 2. The van der Waals surface area contributed by atoms with E-state index in [0.29, 0.717) is 12.8 Å². The molecule has 1 rings (SSSR count). The van der Waals surface area contributed by atoms with Gasteiger partial charge in [-0.1, -0.05) is 309 Å². The van der Waals surface area contributed by atoms with E-state index in [1.165, 1.54) is 276 Å². The van der Waals surface area contributed by atoms with Crippen LogP contribution in [0.4, 0.5) is 0 Å². The Hall–Kier alpha value is -1.07. The van der Waals surface area contributed by atoms with Gasteiger partial charge in [-0.05, 0) is 38.5 Å². The second-order valence-corrected chi connectivity index (χ2v) is 23.3. The van der Waals surface area contributed by atoms with Crippen LogP contribution in [-0.2, 0) is 14.3 Å². The fourth-order valence-electron chi connectivity index (χ4n) is 10.9. The third kappa shape index (κ3) is 43.9. The number of carbonyl (C=O) groups is 1. The van der Waals surface area contributed by atoms with Crippen molar-refractivity contribution in [3.63, 3.8) is 0 Å². The van der Waals surface area contributed by atoms with Gasteiger partial charge >= 0.3 is 0 Å². The Morgan fingerprint density at radius 3 is 1.09 bits per heavy atom. The summed E-state index contributed by atoms with van der Waals surface area (Å²) in [5.74, 6) is -0.143. The van der Waals surface area contributed by atoms with Gasteiger partial charge in [0, 0.05) is 6.42 Å². The van der Waals surface area contributed by atoms with Gasteiger partial charge < -0.3 is 40.3 Å². The lowest BCUT2D eigenvalue weighted by molar-refractivity contribution is -0.302. The molecule has 1 aliphatic heterocycles. The summed E-state index contributed by atoms with van der Waals surface area (Å²) in [5.41, 5.74) is 0. The summed E-state index contributed by atoms with van der Waals surface area (Å²) in [5, 5.41) is 54.8. The highest BCUT2D eigenvalue weighted by molar-refractivity contribution is 5.76. The summed E-state index contributed by atoms with van der Waals surface area (Å²) in [7, 11) is 0. The smallest absolute Gasteiger partial charge is 0.220 e. The Morgan fingerprint density at radius 2 is 0.757 bits per heavy atom. The number of rotatable bonds is 58. The van der Waals surface area contributed by atoms with Crippen molar-refractivity contribution in [2.24, 2.45) is 0 Å². The van der Waals surface area contributed by atoms with Crippen LogP contribution in [0.15, 0.2) is 12.2 Å². The normalized spacial score (nSPS) is 18.9. The van der Waals surface area contributed by atoms with E-state index in [2.05, 4.69) is 31.3 Å². The molecule has 7 atom stereocenters. The number of hydrogen-bond donors (Lipinski definition) is 6. The monoisotopic (exact) mass is 1050 g/mol. The highest BCUT2D eigenvalue weighted by atomic mass is 16.7. The SMILES string of the molecule is CCCCCCCCC/C=C\CCCCCCCCCC(=O)NC(COC1OC(CO)C(O)C(O)C1O)C(O)CCCCCCCCCCCCCCCCCCCCCCCCCCCCCCCCCCC. The van der Waals surface area contributed by atoms with Crippen molar-refractivity contribution in [1.82, 2.24) is 5.32 Å². The first-order valence-electron chi connectivity index (χ1n) is 32.9. The molecule has 0 aliphatic carbocycles. The minimum atomic E-state index is -1.55. The van der Waals surface area contributed by atoms with Crippen molar-refractivity contribution in [2.75, 3.05) is 13.2 Å². The van der Waals surface area contributed by atoms with Gasteiger partial charge in [0.2, 0.25) is 5.91 Å². The zero-order chi connectivity index (χ0) is 53.6. The quantitative estimate of drug-likeness (QED) is 0.0261. The van der Waals surface area contributed by atoms with E-state index in [1.807, 2.05) is 0 Å². The van der Waals surface area contributed by atoms with Gasteiger partial charge in [-0.3, -0.25) is 4.79 Å². The van der Waals surface area contributed by atoms with Crippen LogP contribution in [0.1, 0.15) is 341 Å². The molecule has 9 heteroatoms. The molecule has 0 aromatic carbocycles. The Kier molecular flexibility index (Phi) is 53.0. The second kappa shape index (κ2) is 55.3. The van der Waals surface area contributed by atoms with Crippen molar-refractivity contribution >= 4 is 5.91 Å². The van der Waals surface area contributed by atoms with E-state index >= 15 is 0 Å². The summed E-state index contributed by atoms with van der Waals surface area (Å²) < 4.78 is 11.3. The van der Waals surface area contributed by atoms with Gasteiger partial charge in [0.1, 0.15) is 24.4 Å². The largest absolute Gasteiger partial charge is 0.394 e. The minimum absolute atomic E-state index is 0.135. The number of unbranched alkanes of at least 4 members (excludes halogenated alkanes) is 46. The van der Waals surface area contributed by atoms with Crippen LogP contribution in [0.2, 0.25) is 0 Å². The molecule has 1 saturated heterocycles. The first-order valence-corrected chi connectivity index (χ1v) is 32.9. The zero-order valence-electron chi connectivity index (χ0n) is 49.1. The van der Waals surface area contributed by atoms with Gasteiger partial charge in [-0.15, -0.1) is 0 Å². The van der Waals surface area contributed by atoms with E-state index < -0.39 is 49.5 Å². The molecule has 0 aromatic heterocycles. The minimum Gasteiger partial charge on any atom is -0.394 e. The summed E-state index contributed by atoms with van der Waals surface area (Å²) in [6.45, 7) is 3.88. The predicted octanol–water partition coefficient (Wildman–Crippen LogP) is 17.1. The average molecular weight is 1050 g/mol. The number of amides is 1. The molecule has 1 heterocycles. The third-order valence-electron chi connectivity index (χ3n) is 16.1. The number of aliphatic hydroxyl groups is 5. The van der Waals surface area contributed by atoms with Crippen LogP contribution in [0, 0.1) is 0 Å². The number of hydrogen-bond acceptors (Lipinski definition) is 8. The van der Waals surface area contributed by atoms with Gasteiger partial charge in [0.25, 0.3) is 0 Å². The predicted molar refractivity (Wildman–Crippen MR) is 314 cm³/mol. The van der Waals surface area contributed by atoms with Gasteiger partial charge in [0.15, 0.2) is 6.29 Å². The third-order valence-corrected chi connectivity index (χ3v) is 16.1. The molecule has 0 radical (unpaired) electrons. The van der Waals surface area contributed by atoms with E-state index in [9.17, 15) is 30.3 Å². The first kappa shape index (κ1) is 70.9. The molecule has 1 amide bonds. The van der Waals surface area contributed by atoms with Crippen LogP contribution < -0.4 is 5.32 Å². The Labute approximate surface area is 458 Å². The summed E-state index contributed by atoms with van der Waals surface area (Å²) in [4.78, 5) is 13.1. The van der Waals surface area contributed by atoms with E-state index in [-0.39, 0.29) is 12.5 Å². The lowest BCUT2D eigenvalue weighted by atomic mass is 9.99. The molecule has 6 N–H and O–H groups in total. The molecule has 1 aliphatic rings. The van der Waals surface area contributed by atoms with E-state index in [1.54, 1.807) is 0 Å². The highest BCUT2D eigenvalue weighted by Gasteiger charge is 2.44. The Bertz CT molecular complexity index is 1170. The molecule has 440 valence electrons. The second-order valence-electron chi connectivity index (χ2n) is 23.3. The molecule has 0 spiro atoms. The van der Waals surface area contributed by atoms with Gasteiger partial charge in [-0.25, -0.2) is 0 Å². The topological polar surface area (TPSA) is 149 Å².